The van der Waals surface area contributed by atoms with Crippen molar-refractivity contribution in [2.24, 2.45) is 5.92 Å². The van der Waals surface area contributed by atoms with Gasteiger partial charge in [-0.1, -0.05) is 0 Å². The van der Waals surface area contributed by atoms with Gasteiger partial charge in [0.15, 0.2) is 0 Å². The number of anilines is 1. The van der Waals surface area contributed by atoms with Crippen LogP contribution in [0.5, 0.6) is 0 Å². The molecule has 0 amide bonds. The maximum Gasteiger partial charge on any atom is 0.337 e. The van der Waals surface area contributed by atoms with E-state index in [1.54, 1.807) is 0 Å². The van der Waals surface area contributed by atoms with E-state index in [-0.39, 0.29) is 5.69 Å². The number of thioether (sulfide) groups is 1. The Morgan fingerprint density at radius 3 is 2.81 bits per heavy atom. The molecule has 0 atom stereocenters. The Morgan fingerprint density at radius 2 is 2.19 bits per heavy atom. The summed E-state index contributed by atoms with van der Waals surface area (Å²) in [5.41, 5.74) is 0.666. The number of hydrogen-bond acceptors (Lipinski definition) is 6. The van der Waals surface area contributed by atoms with Crippen molar-refractivity contribution in [3.8, 4) is 0 Å². The first kappa shape index (κ1) is 15.6. The van der Waals surface area contributed by atoms with Gasteiger partial charge in [-0.3, -0.25) is 10.1 Å². The van der Waals surface area contributed by atoms with E-state index in [1.807, 2.05) is 11.8 Å². The molecule has 7 heteroatoms. The average molecular weight is 310 g/mol. The summed E-state index contributed by atoms with van der Waals surface area (Å²) in [4.78, 5) is 22.2. The zero-order valence-electron chi connectivity index (χ0n) is 11.8. The van der Waals surface area contributed by atoms with Gasteiger partial charge >= 0.3 is 5.97 Å². The zero-order valence-corrected chi connectivity index (χ0v) is 12.6. The number of nitrogens with one attached hydrogen (secondary N) is 1. The summed E-state index contributed by atoms with van der Waals surface area (Å²) in [7, 11) is 1.29. The molecular weight excluding hydrogens is 292 g/mol. The second-order valence-electron chi connectivity index (χ2n) is 4.92. The molecule has 1 fully saturated rings. The highest BCUT2D eigenvalue weighted by atomic mass is 32.2. The fourth-order valence-corrected chi connectivity index (χ4v) is 3.49. The van der Waals surface area contributed by atoms with E-state index < -0.39 is 10.9 Å². The number of hydrogen-bond donors (Lipinski definition) is 1. The van der Waals surface area contributed by atoms with Crippen LogP contribution in [0.2, 0.25) is 0 Å². The van der Waals surface area contributed by atoms with Crippen molar-refractivity contribution in [2.75, 3.05) is 30.5 Å². The number of ether oxygens (including phenoxy) is 1. The first-order chi connectivity index (χ1) is 10.1. The molecule has 1 heterocycles. The Labute approximate surface area is 127 Å². The summed E-state index contributed by atoms with van der Waals surface area (Å²) in [5, 5.41) is 14.2. The molecule has 1 aliphatic heterocycles. The highest BCUT2D eigenvalue weighted by molar-refractivity contribution is 7.99. The van der Waals surface area contributed by atoms with Gasteiger partial charge in [0.2, 0.25) is 0 Å². The summed E-state index contributed by atoms with van der Waals surface area (Å²) < 4.78 is 4.65. The van der Waals surface area contributed by atoms with Crippen LogP contribution in [0.4, 0.5) is 11.4 Å². The van der Waals surface area contributed by atoms with Gasteiger partial charge in [-0.2, -0.15) is 11.8 Å². The van der Waals surface area contributed by atoms with Crippen LogP contribution in [0.25, 0.3) is 0 Å². The summed E-state index contributed by atoms with van der Waals surface area (Å²) in [5.74, 6) is 2.29. The van der Waals surface area contributed by atoms with Gasteiger partial charge in [0, 0.05) is 12.6 Å². The first-order valence-corrected chi connectivity index (χ1v) is 7.95. The predicted octanol–water partition coefficient (Wildman–Crippen LogP) is 2.94. The second-order valence-corrected chi connectivity index (χ2v) is 6.14. The van der Waals surface area contributed by atoms with E-state index in [9.17, 15) is 14.9 Å². The summed E-state index contributed by atoms with van der Waals surface area (Å²) in [6.45, 7) is 0.687. The molecule has 1 saturated heterocycles. The summed E-state index contributed by atoms with van der Waals surface area (Å²) >= 11 is 1.94. The number of carbonyl (C=O) groups is 1. The third kappa shape index (κ3) is 4.10. The van der Waals surface area contributed by atoms with Crippen molar-refractivity contribution in [2.45, 2.75) is 12.8 Å². The van der Waals surface area contributed by atoms with Gasteiger partial charge in [-0.25, -0.2) is 4.79 Å². The van der Waals surface area contributed by atoms with Crippen molar-refractivity contribution in [3.05, 3.63) is 33.9 Å². The quantitative estimate of drug-likeness (QED) is 0.511. The molecule has 21 heavy (non-hydrogen) atoms. The van der Waals surface area contributed by atoms with Crippen LogP contribution in [0.1, 0.15) is 23.2 Å². The Bertz CT molecular complexity index is 530. The van der Waals surface area contributed by atoms with Gasteiger partial charge in [0.1, 0.15) is 5.69 Å². The van der Waals surface area contributed by atoms with Gasteiger partial charge < -0.3 is 10.1 Å². The van der Waals surface area contributed by atoms with E-state index in [0.717, 1.165) is 24.3 Å². The first-order valence-electron chi connectivity index (χ1n) is 6.80. The molecule has 2 rings (SSSR count). The molecule has 0 aliphatic carbocycles. The molecule has 1 aromatic rings. The number of rotatable bonds is 5. The lowest BCUT2D eigenvalue weighted by Gasteiger charge is -2.22. The smallest absolute Gasteiger partial charge is 0.337 e. The third-order valence-electron chi connectivity index (χ3n) is 3.54. The summed E-state index contributed by atoms with van der Waals surface area (Å²) in [6, 6.07) is 4.24. The monoisotopic (exact) mass is 310 g/mol. The standard InChI is InChI=1S/C14H18N2O4S/c1-20-14(17)11-2-3-13(16(18)19)12(8-11)15-9-10-4-6-21-7-5-10/h2-3,8,10,15H,4-7,9H2,1H3. The Morgan fingerprint density at radius 1 is 1.48 bits per heavy atom. The molecule has 1 N–H and O–H groups in total. The average Bonchev–Trinajstić information content (AvgIpc) is 2.52. The van der Waals surface area contributed by atoms with E-state index in [4.69, 9.17) is 0 Å². The molecule has 0 spiro atoms. The maximum absolute atomic E-state index is 11.5. The Kier molecular flexibility index (Phi) is 5.44. The minimum atomic E-state index is -0.498. The minimum absolute atomic E-state index is 0.0205. The van der Waals surface area contributed by atoms with Crippen molar-refractivity contribution >= 4 is 29.1 Å². The lowest BCUT2D eigenvalue weighted by atomic mass is 10.0. The fraction of sp³-hybridized carbons (Fsp3) is 0.500. The molecule has 1 aliphatic rings. The zero-order chi connectivity index (χ0) is 15.2. The largest absolute Gasteiger partial charge is 0.465 e. The van der Waals surface area contributed by atoms with Crippen LogP contribution in [0.3, 0.4) is 0 Å². The number of nitrogens with zero attached hydrogens (tertiary/aromatic N) is 1. The highest BCUT2D eigenvalue weighted by Crippen LogP contribution is 2.28. The minimum Gasteiger partial charge on any atom is -0.465 e. The van der Waals surface area contributed by atoms with Crippen LogP contribution < -0.4 is 5.32 Å². The number of benzene rings is 1. The molecule has 0 saturated carbocycles. The molecule has 0 bridgehead atoms. The number of carbonyl (C=O) groups excluding carboxylic acids is 1. The van der Waals surface area contributed by atoms with Gasteiger partial charge in [0.05, 0.1) is 17.6 Å². The van der Waals surface area contributed by atoms with Crippen LogP contribution >= 0.6 is 11.8 Å². The van der Waals surface area contributed by atoms with E-state index in [0.29, 0.717) is 23.7 Å². The topological polar surface area (TPSA) is 81.5 Å². The molecular formula is C14H18N2O4S. The van der Waals surface area contributed by atoms with Gasteiger partial charge in [-0.15, -0.1) is 0 Å². The van der Waals surface area contributed by atoms with Crippen LogP contribution in [-0.2, 0) is 4.74 Å². The molecule has 6 nitrogen and oxygen atoms in total. The lowest BCUT2D eigenvalue weighted by Crippen LogP contribution is -2.19. The van der Waals surface area contributed by atoms with E-state index >= 15 is 0 Å². The maximum atomic E-state index is 11.5. The molecule has 0 radical (unpaired) electrons. The normalized spacial score (nSPS) is 15.5. The third-order valence-corrected chi connectivity index (χ3v) is 4.59. The summed E-state index contributed by atoms with van der Waals surface area (Å²) in [6.07, 6.45) is 2.23. The number of methoxy groups -OCH3 is 1. The second kappa shape index (κ2) is 7.31. The Hall–Kier alpha value is -1.76. The van der Waals surface area contributed by atoms with Crippen molar-refractivity contribution < 1.29 is 14.5 Å². The Balaban J connectivity index is 2.13. The number of esters is 1. The van der Waals surface area contributed by atoms with E-state index in [1.165, 1.54) is 25.3 Å². The highest BCUT2D eigenvalue weighted by Gasteiger charge is 2.19. The van der Waals surface area contributed by atoms with Crippen molar-refractivity contribution in [1.29, 1.82) is 0 Å². The van der Waals surface area contributed by atoms with Gasteiger partial charge in [0.25, 0.3) is 5.69 Å². The van der Waals surface area contributed by atoms with Crippen LogP contribution in [-0.4, -0.2) is 36.1 Å². The lowest BCUT2D eigenvalue weighted by molar-refractivity contribution is -0.384. The van der Waals surface area contributed by atoms with Gasteiger partial charge in [-0.05, 0) is 42.4 Å². The molecule has 0 unspecified atom stereocenters. The van der Waals surface area contributed by atoms with E-state index in [2.05, 4.69) is 10.1 Å². The SMILES string of the molecule is COC(=O)c1ccc([N+](=O)[O-])c(NCC2CCSCC2)c1. The van der Waals surface area contributed by atoms with Crippen molar-refractivity contribution in [3.63, 3.8) is 0 Å². The van der Waals surface area contributed by atoms with Crippen LogP contribution in [0, 0.1) is 16.0 Å². The molecule has 0 aromatic heterocycles. The molecule has 1 aromatic carbocycles. The fourth-order valence-electron chi connectivity index (χ4n) is 2.29. The number of nitro benzene ring substituents is 1. The molecule has 114 valence electrons. The van der Waals surface area contributed by atoms with Crippen LogP contribution in [0.15, 0.2) is 18.2 Å². The number of nitro groups is 1. The van der Waals surface area contributed by atoms with Crippen molar-refractivity contribution in [1.82, 2.24) is 0 Å². The predicted molar refractivity (Wildman–Crippen MR) is 83.0 cm³/mol.